The van der Waals surface area contributed by atoms with Crippen molar-refractivity contribution in [1.82, 2.24) is 10.2 Å². The smallest absolute Gasteiger partial charge is 0.226 e. The Morgan fingerprint density at radius 3 is 2.65 bits per heavy atom. The Balaban J connectivity index is 1.71. The van der Waals surface area contributed by atoms with Crippen LogP contribution in [0, 0.1) is 0 Å². The van der Waals surface area contributed by atoms with Crippen LogP contribution < -0.4 is 10.1 Å². The Kier molecular flexibility index (Phi) is 6.10. The molecular formula is C17H23N3O2S. The summed E-state index contributed by atoms with van der Waals surface area (Å²) >= 11 is 1.31. The van der Waals surface area contributed by atoms with Crippen LogP contribution in [0.1, 0.15) is 45.6 Å². The molecule has 0 fully saturated rings. The molecule has 0 atom stereocenters. The summed E-state index contributed by atoms with van der Waals surface area (Å²) in [6.45, 7) is 7.18. The quantitative estimate of drug-likeness (QED) is 0.741. The summed E-state index contributed by atoms with van der Waals surface area (Å²) in [4.78, 5) is 11.7. The average Bonchev–Trinajstić information content (AvgIpc) is 3.05. The highest BCUT2D eigenvalue weighted by molar-refractivity contribution is 7.13. The number of nitrogens with one attached hydrogen (secondary N) is 1. The van der Waals surface area contributed by atoms with Gasteiger partial charge in [-0.1, -0.05) is 44.2 Å². The largest absolute Gasteiger partial charge is 0.494 e. The van der Waals surface area contributed by atoms with E-state index in [1.54, 1.807) is 5.51 Å². The molecule has 2 aromatic rings. The van der Waals surface area contributed by atoms with Gasteiger partial charge >= 0.3 is 0 Å². The minimum atomic E-state index is -0.0645. The first-order valence-electron chi connectivity index (χ1n) is 7.80. The van der Waals surface area contributed by atoms with Crippen molar-refractivity contribution < 1.29 is 9.53 Å². The van der Waals surface area contributed by atoms with Crippen LogP contribution in [0.25, 0.3) is 0 Å². The molecular weight excluding hydrogens is 310 g/mol. The second-order valence-corrected chi connectivity index (χ2v) is 6.84. The average molecular weight is 333 g/mol. The topological polar surface area (TPSA) is 64.1 Å². The third-order valence-electron chi connectivity index (χ3n) is 3.94. The normalized spacial score (nSPS) is 11.3. The summed E-state index contributed by atoms with van der Waals surface area (Å²) in [5, 5.41) is 10.7. The number of hydrogen-bond donors (Lipinski definition) is 1. The van der Waals surface area contributed by atoms with Gasteiger partial charge in [0.2, 0.25) is 11.0 Å². The minimum absolute atomic E-state index is 0.0645. The zero-order valence-corrected chi connectivity index (χ0v) is 14.7. The third-order valence-corrected chi connectivity index (χ3v) is 4.55. The molecule has 2 rings (SSSR count). The number of ether oxygens (including phenoxy) is 1. The predicted octanol–water partition coefficient (Wildman–Crippen LogP) is 4.02. The first-order valence-corrected chi connectivity index (χ1v) is 8.68. The molecule has 0 spiro atoms. The zero-order chi connectivity index (χ0) is 16.7. The molecule has 23 heavy (non-hydrogen) atoms. The van der Waals surface area contributed by atoms with Crippen molar-refractivity contribution in [3.63, 3.8) is 0 Å². The number of anilines is 1. The molecule has 1 heterocycles. The van der Waals surface area contributed by atoms with Crippen molar-refractivity contribution in [2.75, 3.05) is 11.9 Å². The van der Waals surface area contributed by atoms with Gasteiger partial charge in [-0.2, -0.15) is 0 Å². The van der Waals surface area contributed by atoms with Crippen LogP contribution in [-0.2, 0) is 10.2 Å². The molecule has 5 nitrogen and oxygen atoms in total. The van der Waals surface area contributed by atoms with Gasteiger partial charge in [0.25, 0.3) is 0 Å². The monoisotopic (exact) mass is 333 g/mol. The zero-order valence-electron chi connectivity index (χ0n) is 13.8. The van der Waals surface area contributed by atoms with E-state index in [4.69, 9.17) is 4.74 Å². The van der Waals surface area contributed by atoms with E-state index in [0.29, 0.717) is 24.6 Å². The van der Waals surface area contributed by atoms with Gasteiger partial charge in [0.05, 0.1) is 6.61 Å². The molecule has 0 unspecified atom stereocenters. The molecule has 1 amide bonds. The van der Waals surface area contributed by atoms with Gasteiger partial charge < -0.3 is 10.1 Å². The fourth-order valence-electron chi connectivity index (χ4n) is 2.04. The molecule has 0 aliphatic carbocycles. The van der Waals surface area contributed by atoms with Crippen LogP contribution >= 0.6 is 11.3 Å². The maximum atomic E-state index is 11.7. The number of aromatic nitrogens is 2. The lowest BCUT2D eigenvalue weighted by atomic mass is 9.82. The fraction of sp³-hybridized carbons (Fsp3) is 0.471. The van der Waals surface area contributed by atoms with Gasteiger partial charge in [-0.3, -0.25) is 4.79 Å². The summed E-state index contributed by atoms with van der Waals surface area (Å²) < 4.78 is 5.69. The molecule has 0 saturated heterocycles. The van der Waals surface area contributed by atoms with Crippen LogP contribution in [0.4, 0.5) is 5.13 Å². The van der Waals surface area contributed by atoms with Gasteiger partial charge in [0, 0.05) is 6.42 Å². The lowest BCUT2D eigenvalue weighted by Gasteiger charge is -2.23. The predicted molar refractivity (Wildman–Crippen MR) is 93.0 cm³/mol. The van der Waals surface area contributed by atoms with E-state index in [0.717, 1.165) is 12.2 Å². The van der Waals surface area contributed by atoms with Crippen molar-refractivity contribution in [1.29, 1.82) is 0 Å². The number of hydrogen-bond acceptors (Lipinski definition) is 5. The molecule has 124 valence electrons. The van der Waals surface area contributed by atoms with Crippen molar-refractivity contribution >= 4 is 22.4 Å². The van der Waals surface area contributed by atoms with Crippen molar-refractivity contribution in [2.24, 2.45) is 0 Å². The van der Waals surface area contributed by atoms with E-state index in [1.807, 2.05) is 12.1 Å². The Labute approximate surface area is 141 Å². The van der Waals surface area contributed by atoms with Crippen LogP contribution in [0.3, 0.4) is 0 Å². The minimum Gasteiger partial charge on any atom is -0.494 e. The summed E-state index contributed by atoms with van der Waals surface area (Å²) in [6.07, 6.45) is 2.16. The highest BCUT2D eigenvalue weighted by Gasteiger charge is 2.17. The van der Waals surface area contributed by atoms with Gasteiger partial charge in [0.15, 0.2) is 0 Å². The lowest BCUT2D eigenvalue weighted by molar-refractivity contribution is -0.116. The van der Waals surface area contributed by atoms with Crippen molar-refractivity contribution in [3.8, 4) is 5.75 Å². The SMILES string of the molecule is CCC(C)(C)c1ccc(OCCCC(=O)Nc2nncs2)cc1. The van der Waals surface area contributed by atoms with Crippen molar-refractivity contribution in [2.45, 2.75) is 45.4 Å². The van der Waals surface area contributed by atoms with E-state index in [9.17, 15) is 4.79 Å². The van der Waals surface area contributed by atoms with Crippen LogP contribution in [0.5, 0.6) is 5.75 Å². The van der Waals surface area contributed by atoms with Gasteiger partial charge in [0.1, 0.15) is 11.3 Å². The Hall–Kier alpha value is -1.95. The first kappa shape index (κ1) is 17.4. The van der Waals surface area contributed by atoms with E-state index in [-0.39, 0.29) is 11.3 Å². The third kappa shape index (κ3) is 5.32. The first-order chi connectivity index (χ1) is 11.0. The number of amides is 1. The summed E-state index contributed by atoms with van der Waals surface area (Å²) in [6, 6.07) is 8.21. The van der Waals surface area contributed by atoms with Gasteiger partial charge in [-0.05, 0) is 36.0 Å². The molecule has 1 aromatic carbocycles. The number of carbonyl (C=O) groups is 1. The highest BCUT2D eigenvalue weighted by Crippen LogP contribution is 2.28. The molecule has 0 bridgehead atoms. The second-order valence-electron chi connectivity index (χ2n) is 6.01. The Morgan fingerprint density at radius 1 is 1.30 bits per heavy atom. The lowest BCUT2D eigenvalue weighted by Crippen LogP contribution is -2.15. The Morgan fingerprint density at radius 2 is 2.04 bits per heavy atom. The Bertz CT molecular complexity index is 609. The standard InChI is InChI=1S/C17H23N3O2S/c1-4-17(2,3)13-7-9-14(10-8-13)22-11-5-6-15(21)19-16-20-18-12-23-16/h7-10,12H,4-6,11H2,1-3H3,(H,19,20,21). The molecule has 0 radical (unpaired) electrons. The van der Waals surface area contributed by atoms with Crippen molar-refractivity contribution in [3.05, 3.63) is 35.3 Å². The molecule has 0 aliphatic rings. The summed E-state index contributed by atoms with van der Waals surface area (Å²) in [7, 11) is 0. The van der Waals surface area contributed by atoms with E-state index in [2.05, 4.69) is 48.4 Å². The van der Waals surface area contributed by atoms with E-state index >= 15 is 0 Å². The maximum Gasteiger partial charge on any atom is 0.226 e. The highest BCUT2D eigenvalue weighted by atomic mass is 32.1. The molecule has 1 N–H and O–H groups in total. The van der Waals surface area contributed by atoms with Crippen LogP contribution in [-0.4, -0.2) is 22.7 Å². The molecule has 0 saturated carbocycles. The number of carbonyl (C=O) groups excluding carboxylic acids is 1. The number of rotatable bonds is 8. The molecule has 6 heteroatoms. The number of benzene rings is 1. The van der Waals surface area contributed by atoms with Gasteiger partial charge in [-0.25, -0.2) is 0 Å². The summed E-state index contributed by atoms with van der Waals surface area (Å²) in [5.41, 5.74) is 3.08. The second kappa shape index (κ2) is 8.06. The summed E-state index contributed by atoms with van der Waals surface area (Å²) in [5.74, 6) is 0.774. The molecule has 1 aromatic heterocycles. The van der Waals surface area contributed by atoms with E-state index < -0.39 is 0 Å². The number of nitrogens with zero attached hydrogens (tertiary/aromatic N) is 2. The van der Waals surface area contributed by atoms with Crippen LogP contribution in [0.15, 0.2) is 29.8 Å². The van der Waals surface area contributed by atoms with Gasteiger partial charge in [-0.15, -0.1) is 10.2 Å². The van der Waals surface area contributed by atoms with E-state index in [1.165, 1.54) is 16.9 Å². The fourth-order valence-corrected chi connectivity index (χ4v) is 2.50. The maximum absolute atomic E-state index is 11.7. The molecule has 0 aliphatic heterocycles. The van der Waals surface area contributed by atoms with Crippen LogP contribution in [0.2, 0.25) is 0 Å².